The Morgan fingerprint density at radius 3 is 2.54 bits per heavy atom. The first kappa shape index (κ1) is 19.0. The first-order valence-corrected chi connectivity index (χ1v) is 8.86. The summed E-state index contributed by atoms with van der Waals surface area (Å²) in [5.74, 6) is 0.711. The van der Waals surface area contributed by atoms with E-state index in [1.807, 2.05) is 11.1 Å². The van der Waals surface area contributed by atoms with E-state index in [-0.39, 0.29) is 0 Å². The molecule has 1 unspecified atom stereocenters. The molecule has 0 aromatic carbocycles. The van der Waals surface area contributed by atoms with Crippen molar-refractivity contribution in [2.24, 2.45) is 4.99 Å². The van der Waals surface area contributed by atoms with Gasteiger partial charge in [0.15, 0.2) is 5.96 Å². The largest absolute Gasteiger partial charge is 0.403 e. The molecule has 0 bridgehead atoms. The second-order valence-electron chi connectivity index (χ2n) is 5.72. The smallest absolute Gasteiger partial charge is 0.350 e. The summed E-state index contributed by atoms with van der Waals surface area (Å²) in [6, 6.07) is -1.41. The lowest BCUT2D eigenvalue weighted by atomic mass is 10.2. The number of rotatable bonds is 4. The number of hydrogen-bond donors (Lipinski definition) is 1. The Balaban J connectivity index is 1.85. The molecule has 0 aliphatic carbocycles. The number of piperazine rings is 1. The number of nitrogens with zero attached hydrogens (tertiary/aromatic N) is 4. The molecule has 0 amide bonds. The molecule has 1 aliphatic rings. The van der Waals surface area contributed by atoms with E-state index in [1.54, 1.807) is 18.4 Å². The van der Waals surface area contributed by atoms with Crippen LogP contribution in [0.3, 0.4) is 0 Å². The van der Waals surface area contributed by atoms with Crippen LogP contribution in [0.4, 0.5) is 13.2 Å². The van der Waals surface area contributed by atoms with Crippen LogP contribution < -0.4 is 5.32 Å². The standard InChI is InChI=1S/C15H24F3N5S/c1-4-12-9-20-13(24-12)10-21-14(19-3)23-7-5-22(6-8-23)11(2)15(16,17)18/h9,11H,4-8,10H2,1-3H3,(H,19,21). The molecule has 0 saturated carbocycles. The normalized spacial score (nSPS) is 18.8. The van der Waals surface area contributed by atoms with Crippen LogP contribution in [0.1, 0.15) is 23.7 Å². The van der Waals surface area contributed by atoms with Crippen molar-refractivity contribution in [3.8, 4) is 0 Å². The van der Waals surface area contributed by atoms with Gasteiger partial charge in [-0.25, -0.2) is 4.98 Å². The molecule has 24 heavy (non-hydrogen) atoms. The van der Waals surface area contributed by atoms with Crippen LogP contribution in [0.2, 0.25) is 0 Å². The Hall–Kier alpha value is -1.35. The van der Waals surface area contributed by atoms with E-state index in [9.17, 15) is 13.2 Å². The Bertz CT molecular complexity index is 550. The highest BCUT2D eigenvalue weighted by atomic mass is 32.1. The van der Waals surface area contributed by atoms with Crippen LogP contribution in [-0.2, 0) is 13.0 Å². The summed E-state index contributed by atoms with van der Waals surface area (Å²) in [4.78, 5) is 13.3. The predicted molar refractivity (Wildman–Crippen MR) is 90.4 cm³/mol. The topological polar surface area (TPSA) is 43.8 Å². The first-order valence-electron chi connectivity index (χ1n) is 8.05. The molecule has 5 nitrogen and oxygen atoms in total. The Labute approximate surface area is 144 Å². The molecule has 1 aromatic rings. The van der Waals surface area contributed by atoms with Gasteiger partial charge in [-0.3, -0.25) is 9.89 Å². The number of aliphatic imine (C=N–C) groups is 1. The number of halogens is 3. The molecule has 1 saturated heterocycles. The zero-order valence-electron chi connectivity index (χ0n) is 14.2. The molecule has 1 aliphatic heterocycles. The van der Waals surface area contributed by atoms with Crippen molar-refractivity contribution in [3.63, 3.8) is 0 Å². The lowest BCUT2D eigenvalue weighted by Crippen LogP contribution is -2.56. The van der Waals surface area contributed by atoms with Crippen molar-refractivity contribution >= 4 is 17.3 Å². The monoisotopic (exact) mass is 363 g/mol. The summed E-state index contributed by atoms with van der Waals surface area (Å²) in [6.45, 7) is 5.69. The maximum atomic E-state index is 12.8. The van der Waals surface area contributed by atoms with Gasteiger partial charge in [-0.1, -0.05) is 6.92 Å². The Morgan fingerprint density at radius 2 is 2.04 bits per heavy atom. The van der Waals surface area contributed by atoms with Gasteiger partial charge in [0, 0.05) is 44.3 Å². The van der Waals surface area contributed by atoms with Gasteiger partial charge in [0.25, 0.3) is 0 Å². The first-order chi connectivity index (χ1) is 11.3. The molecule has 1 N–H and O–H groups in total. The average Bonchev–Trinajstić information content (AvgIpc) is 3.02. The van der Waals surface area contributed by atoms with Crippen molar-refractivity contribution in [2.75, 3.05) is 33.2 Å². The molecule has 9 heteroatoms. The molecule has 2 rings (SSSR count). The summed E-state index contributed by atoms with van der Waals surface area (Å²) in [5.41, 5.74) is 0. The van der Waals surface area contributed by atoms with Crippen LogP contribution >= 0.6 is 11.3 Å². The fourth-order valence-corrected chi connectivity index (χ4v) is 3.41. The van der Waals surface area contributed by atoms with Gasteiger partial charge in [-0.15, -0.1) is 11.3 Å². The van der Waals surface area contributed by atoms with Crippen molar-refractivity contribution in [3.05, 3.63) is 16.1 Å². The van der Waals surface area contributed by atoms with E-state index in [0.717, 1.165) is 11.4 Å². The average molecular weight is 363 g/mol. The van der Waals surface area contributed by atoms with E-state index < -0.39 is 12.2 Å². The Kier molecular flexibility index (Phi) is 6.45. The SMILES string of the molecule is CCc1cnc(CNC(=NC)N2CCN(C(C)C(F)(F)F)CC2)s1. The van der Waals surface area contributed by atoms with Crippen LogP contribution in [-0.4, -0.2) is 66.2 Å². The molecular formula is C15H24F3N5S. The van der Waals surface area contributed by atoms with Gasteiger partial charge in [-0.05, 0) is 13.3 Å². The van der Waals surface area contributed by atoms with E-state index in [2.05, 4.69) is 22.2 Å². The van der Waals surface area contributed by atoms with E-state index in [0.29, 0.717) is 38.7 Å². The fraction of sp³-hybridized carbons (Fsp3) is 0.733. The van der Waals surface area contributed by atoms with Crippen molar-refractivity contribution in [1.29, 1.82) is 0 Å². The van der Waals surface area contributed by atoms with Crippen LogP contribution in [0.25, 0.3) is 0 Å². The minimum Gasteiger partial charge on any atom is -0.350 e. The molecule has 0 radical (unpaired) electrons. The van der Waals surface area contributed by atoms with Gasteiger partial charge in [0.1, 0.15) is 11.0 Å². The van der Waals surface area contributed by atoms with Crippen LogP contribution in [0, 0.1) is 0 Å². The molecule has 136 valence electrons. The molecular weight excluding hydrogens is 339 g/mol. The number of aromatic nitrogens is 1. The highest BCUT2D eigenvalue weighted by Gasteiger charge is 2.41. The third-order valence-electron chi connectivity index (χ3n) is 4.19. The lowest BCUT2D eigenvalue weighted by Gasteiger charge is -2.39. The summed E-state index contributed by atoms with van der Waals surface area (Å²) < 4.78 is 38.4. The molecule has 0 spiro atoms. The molecule has 2 heterocycles. The van der Waals surface area contributed by atoms with Crippen LogP contribution in [0.5, 0.6) is 0 Å². The number of nitrogens with one attached hydrogen (secondary N) is 1. The Morgan fingerprint density at radius 1 is 1.38 bits per heavy atom. The lowest BCUT2D eigenvalue weighted by molar-refractivity contribution is -0.181. The molecule has 1 fully saturated rings. The maximum Gasteiger partial charge on any atom is 0.403 e. The summed E-state index contributed by atoms with van der Waals surface area (Å²) in [6.07, 6.45) is -1.34. The van der Waals surface area contributed by atoms with E-state index >= 15 is 0 Å². The third-order valence-corrected chi connectivity index (χ3v) is 5.34. The maximum absolute atomic E-state index is 12.8. The third kappa shape index (κ3) is 4.83. The zero-order chi connectivity index (χ0) is 17.7. The molecule has 1 aromatic heterocycles. The van der Waals surface area contributed by atoms with E-state index in [4.69, 9.17) is 0 Å². The van der Waals surface area contributed by atoms with Crippen molar-refractivity contribution in [1.82, 2.24) is 20.1 Å². The minimum absolute atomic E-state index is 0.374. The van der Waals surface area contributed by atoms with Gasteiger partial charge in [-0.2, -0.15) is 13.2 Å². The summed E-state index contributed by atoms with van der Waals surface area (Å²) in [5, 5.41) is 4.23. The van der Waals surface area contributed by atoms with Gasteiger partial charge in [0.2, 0.25) is 0 Å². The highest BCUT2D eigenvalue weighted by Crippen LogP contribution is 2.25. The van der Waals surface area contributed by atoms with Crippen molar-refractivity contribution < 1.29 is 13.2 Å². The van der Waals surface area contributed by atoms with Crippen LogP contribution in [0.15, 0.2) is 11.2 Å². The minimum atomic E-state index is -4.18. The second kappa shape index (κ2) is 8.15. The number of alkyl halides is 3. The van der Waals surface area contributed by atoms with Crippen molar-refractivity contribution in [2.45, 2.75) is 39.0 Å². The quantitative estimate of drug-likeness (QED) is 0.659. The summed E-state index contributed by atoms with van der Waals surface area (Å²) in [7, 11) is 1.69. The molecule has 1 atom stereocenters. The van der Waals surface area contributed by atoms with Gasteiger partial charge in [0.05, 0.1) is 6.54 Å². The zero-order valence-corrected chi connectivity index (χ0v) is 15.0. The van der Waals surface area contributed by atoms with Gasteiger partial charge < -0.3 is 10.2 Å². The predicted octanol–water partition coefficient (Wildman–Crippen LogP) is 2.35. The number of guanidine groups is 1. The fourth-order valence-electron chi connectivity index (χ4n) is 2.61. The highest BCUT2D eigenvalue weighted by molar-refractivity contribution is 7.11. The summed E-state index contributed by atoms with van der Waals surface area (Å²) >= 11 is 1.66. The second-order valence-corrected chi connectivity index (χ2v) is 6.91. The number of hydrogen-bond acceptors (Lipinski definition) is 4. The number of thiazole rings is 1. The van der Waals surface area contributed by atoms with Gasteiger partial charge >= 0.3 is 6.18 Å². The number of aryl methyl sites for hydroxylation is 1. The van der Waals surface area contributed by atoms with E-state index in [1.165, 1.54) is 16.7 Å².